The summed E-state index contributed by atoms with van der Waals surface area (Å²) in [5.41, 5.74) is 6.54. The van der Waals surface area contributed by atoms with E-state index in [4.69, 9.17) is 17.3 Å². The number of rotatable bonds is 2. The maximum Gasteiger partial charge on any atom is 0.147 e. The monoisotopic (exact) mass is 257 g/mol. The summed E-state index contributed by atoms with van der Waals surface area (Å²) >= 11 is 8.22. The lowest BCUT2D eigenvalue weighted by atomic mass is 10.2. The number of halogens is 1. The Hall–Kier alpha value is -0.450. The van der Waals surface area contributed by atoms with Crippen molar-refractivity contribution in [3.8, 4) is 0 Å². The van der Waals surface area contributed by atoms with E-state index in [0.29, 0.717) is 17.6 Å². The molecule has 1 atom stereocenters. The molecule has 1 aromatic heterocycles. The molecule has 5 heteroatoms. The Labute approximate surface area is 105 Å². The predicted octanol–water partition coefficient (Wildman–Crippen LogP) is 2.14. The van der Waals surface area contributed by atoms with Crippen molar-refractivity contribution >= 4 is 29.2 Å². The smallest absolute Gasteiger partial charge is 0.147 e. The molecule has 0 radical (unpaired) electrons. The molecule has 0 bridgehead atoms. The predicted molar refractivity (Wildman–Crippen MR) is 71.3 cm³/mol. The van der Waals surface area contributed by atoms with Gasteiger partial charge in [-0.25, -0.2) is 4.98 Å². The molecule has 2 rings (SSSR count). The molecule has 2 N–H and O–H groups in total. The van der Waals surface area contributed by atoms with E-state index in [1.165, 1.54) is 0 Å². The Morgan fingerprint density at radius 1 is 1.69 bits per heavy atom. The van der Waals surface area contributed by atoms with Crippen molar-refractivity contribution in [1.29, 1.82) is 0 Å². The first-order valence-electron chi connectivity index (χ1n) is 5.41. The average Bonchev–Trinajstić information content (AvgIpc) is 2.30. The minimum atomic E-state index is 0.485. The Morgan fingerprint density at radius 3 is 3.12 bits per heavy atom. The third-order valence-corrected chi connectivity index (χ3v) is 4.22. The number of hydrogen-bond acceptors (Lipinski definition) is 4. The molecule has 1 unspecified atom stereocenters. The topological polar surface area (TPSA) is 42.2 Å². The Bertz CT molecular complexity index is 372. The van der Waals surface area contributed by atoms with Crippen LogP contribution < -0.4 is 10.6 Å². The van der Waals surface area contributed by atoms with E-state index in [9.17, 15) is 0 Å². The van der Waals surface area contributed by atoms with Crippen LogP contribution in [0.4, 0.5) is 5.82 Å². The fourth-order valence-corrected chi connectivity index (χ4v) is 3.15. The Balaban J connectivity index is 2.25. The van der Waals surface area contributed by atoms with Gasteiger partial charge in [-0.05, 0) is 18.6 Å². The molecular formula is C11H16ClN3S. The van der Waals surface area contributed by atoms with Crippen molar-refractivity contribution < 1.29 is 0 Å². The summed E-state index contributed by atoms with van der Waals surface area (Å²) < 4.78 is 0. The van der Waals surface area contributed by atoms with Crippen LogP contribution in [-0.4, -0.2) is 29.1 Å². The van der Waals surface area contributed by atoms with Gasteiger partial charge in [-0.15, -0.1) is 0 Å². The minimum absolute atomic E-state index is 0.485. The highest BCUT2D eigenvalue weighted by atomic mass is 35.5. The van der Waals surface area contributed by atoms with Gasteiger partial charge >= 0.3 is 0 Å². The highest BCUT2D eigenvalue weighted by Crippen LogP contribution is 2.28. The molecule has 0 spiro atoms. The third-order valence-electron chi connectivity index (χ3n) is 2.75. The summed E-state index contributed by atoms with van der Waals surface area (Å²) in [5, 5.41) is 0.710. The molecule has 0 aromatic carbocycles. The molecule has 16 heavy (non-hydrogen) atoms. The molecule has 1 saturated heterocycles. The van der Waals surface area contributed by atoms with E-state index >= 15 is 0 Å². The number of thioether (sulfide) groups is 1. The SMILES string of the molecule is CC1CSCCN1c1ncc(CN)cc1Cl. The van der Waals surface area contributed by atoms with Crippen molar-refractivity contribution in [2.75, 3.05) is 23.0 Å². The second kappa shape index (κ2) is 5.25. The van der Waals surface area contributed by atoms with Crippen molar-refractivity contribution in [3.05, 3.63) is 22.8 Å². The normalized spacial score (nSPS) is 21.2. The lowest BCUT2D eigenvalue weighted by Gasteiger charge is -2.34. The van der Waals surface area contributed by atoms with Crippen molar-refractivity contribution in [1.82, 2.24) is 4.98 Å². The van der Waals surface area contributed by atoms with E-state index in [0.717, 1.165) is 29.4 Å². The fourth-order valence-electron chi connectivity index (χ4n) is 1.84. The lowest BCUT2D eigenvalue weighted by Crippen LogP contribution is -2.41. The molecule has 3 nitrogen and oxygen atoms in total. The van der Waals surface area contributed by atoms with Crippen LogP contribution in [0.25, 0.3) is 0 Å². The van der Waals surface area contributed by atoms with Gasteiger partial charge in [0.25, 0.3) is 0 Å². The van der Waals surface area contributed by atoms with Gasteiger partial charge in [0.15, 0.2) is 0 Å². The summed E-state index contributed by atoms with van der Waals surface area (Å²) in [6.07, 6.45) is 1.82. The number of nitrogens with two attached hydrogens (primary N) is 1. The Morgan fingerprint density at radius 2 is 2.50 bits per heavy atom. The summed E-state index contributed by atoms with van der Waals surface area (Å²) in [6, 6.07) is 2.41. The zero-order valence-corrected chi connectivity index (χ0v) is 10.9. The lowest BCUT2D eigenvalue weighted by molar-refractivity contribution is 0.689. The van der Waals surface area contributed by atoms with Crippen LogP contribution >= 0.6 is 23.4 Å². The second-order valence-corrected chi connectivity index (χ2v) is 5.53. The van der Waals surface area contributed by atoms with E-state index in [-0.39, 0.29) is 0 Å². The van der Waals surface area contributed by atoms with Gasteiger partial charge in [0.2, 0.25) is 0 Å². The first kappa shape index (κ1) is 12.0. The van der Waals surface area contributed by atoms with E-state index in [2.05, 4.69) is 16.8 Å². The Kier molecular flexibility index (Phi) is 3.95. The summed E-state index contributed by atoms with van der Waals surface area (Å²) in [5.74, 6) is 3.17. The first-order chi connectivity index (χ1) is 7.72. The summed E-state index contributed by atoms with van der Waals surface area (Å²) in [6.45, 7) is 3.71. The van der Waals surface area contributed by atoms with Crippen LogP contribution in [0.2, 0.25) is 5.02 Å². The number of nitrogens with zero attached hydrogens (tertiary/aromatic N) is 2. The maximum atomic E-state index is 6.24. The second-order valence-electron chi connectivity index (χ2n) is 3.97. The van der Waals surface area contributed by atoms with Gasteiger partial charge in [-0.2, -0.15) is 11.8 Å². The van der Waals surface area contributed by atoms with E-state index in [1.807, 2.05) is 24.0 Å². The number of aromatic nitrogens is 1. The van der Waals surface area contributed by atoms with Gasteiger partial charge in [-0.3, -0.25) is 0 Å². The molecule has 1 aromatic rings. The van der Waals surface area contributed by atoms with Crippen LogP contribution in [0.1, 0.15) is 12.5 Å². The minimum Gasteiger partial charge on any atom is -0.351 e. The zero-order chi connectivity index (χ0) is 11.5. The van der Waals surface area contributed by atoms with Gasteiger partial charge < -0.3 is 10.6 Å². The van der Waals surface area contributed by atoms with Gasteiger partial charge in [0, 0.05) is 36.8 Å². The highest BCUT2D eigenvalue weighted by Gasteiger charge is 2.21. The van der Waals surface area contributed by atoms with Crippen LogP contribution in [0, 0.1) is 0 Å². The van der Waals surface area contributed by atoms with Crippen LogP contribution in [0.15, 0.2) is 12.3 Å². The van der Waals surface area contributed by atoms with Crippen LogP contribution in [-0.2, 0) is 6.54 Å². The van der Waals surface area contributed by atoms with E-state index < -0.39 is 0 Å². The first-order valence-corrected chi connectivity index (χ1v) is 6.94. The average molecular weight is 258 g/mol. The molecular weight excluding hydrogens is 242 g/mol. The highest BCUT2D eigenvalue weighted by molar-refractivity contribution is 7.99. The number of hydrogen-bond donors (Lipinski definition) is 1. The zero-order valence-electron chi connectivity index (χ0n) is 9.32. The van der Waals surface area contributed by atoms with Crippen molar-refractivity contribution in [2.45, 2.75) is 19.5 Å². The molecule has 2 heterocycles. The quantitative estimate of drug-likeness (QED) is 0.882. The van der Waals surface area contributed by atoms with E-state index in [1.54, 1.807) is 0 Å². The summed E-state index contributed by atoms with van der Waals surface area (Å²) in [4.78, 5) is 6.70. The van der Waals surface area contributed by atoms with Gasteiger partial charge in [0.1, 0.15) is 5.82 Å². The van der Waals surface area contributed by atoms with Crippen LogP contribution in [0.3, 0.4) is 0 Å². The molecule has 0 amide bonds. The number of pyridine rings is 1. The van der Waals surface area contributed by atoms with Gasteiger partial charge in [-0.1, -0.05) is 11.6 Å². The fraction of sp³-hybridized carbons (Fsp3) is 0.545. The maximum absolute atomic E-state index is 6.24. The molecule has 0 aliphatic carbocycles. The van der Waals surface area contributed by atoms with Gasteiger partial charge in [0.05, 0.1) is 5.02 Å². The molecule has 1 fully saturated rings. The molecule has 88 valence electrons. The molecule has 1 aliphatic rings. The van der Waals surface area contributed by atoms with Crippen molar-refractivity contribution in [3.63, 3.8) is 0 Å². The molecule has 0 saturated carbocycles. The standard InChI is InChI=1S/C11H16ClN3S/c1-8-7-16-3-2-15(8)11-10(12)4-9(5-13)6-14-11/h4,6,8H,2-3,5,7,13H2,1H3. The third kappa shape index (κ3) is 2.44. The van der Waals surface area contributed by atoms with Crippen molar-refractivity contribution in [2.24, 2.45) is 5.73 Å². The largest absolute Gasteiger partial charge is 0.351 e. The number of anilines is 1. The molecule has 1 aliphatic heterocycles. The van der Waals surface area contributed by atoms with Crippen LogP contribution in [0.5, 0.6) is 0 Å². The summed E-state index contributed by atoms with van der Waals surface area (Å²) in [7, 11) is 0.